The summed E-state index contributed by atoms with van der Waals surface area (Å²) < 4.78 is 55.3. The van der Waals surface area contributed by atoms with Crippen molar-refractivity contribution in [3.63, 3.8) is 0 Å². The smallest absolute Gasteiger partial charge is 0.325 e. The van der Waals surface area contributed by atoms with E-state index in [2.05, 4.69) is 15.5 Å². The fourth-order valence-electron chi connectivity index (χ4n) is 2.92. The van der Waals surface area contributed by atoms with Gasteiger partial charge in [0.1, 0.15) is 5.82 Å². The Labute approximate surface area is 180 Å². The molecule has 3 rings (SSSR count). The Morgan fingerprint density at radius 2 is 1.77 bits per heavy atom. The van der Waals surface area contributed by atoms with E-state index in [0.29, 0.717) is 17.5 Å². The maximum Gasteiger partial charge on any atom is 0.418 e. The maximum absolute atomic E-state index is 14.2. The number of hydrogen-bond donors (Lipinski definition) is 1. The molecule has 0 fully saturated rings. The number of anilines is 1. The van der Waals surface area contributed by atoms with Gasteiger partial charge in [-0.25, -0.2) is 4.39 Å². The molecule has 5 nitrogen and oxygen atoms in total. The molecular weight excluding hydrogens is 432 g/mol. The summed E-state index contributed by atoms with van der Waals surface area (Å²) in [4.78, 5) is 12.3. The van der Waals surface area contributed by atoms with Gasteiger partial charge in [0.15, 0.2) is 11.0 Å². The van der Waals surface area contributed by atoms with Crippen molar-refractivity contribution in [1.82, 2.24) is 14.8 Å². The highest BCUT2D eigenvalue weighted by molar-refractivity contribution is 7.99. The highest BCUT2D eigenvalue weighted by Crippen LogP contribution is 2.34. The lowest BCUT2D eigenvalue weighted by molar-refractivity contribution is -0.137. The number of rotatable bonds is 7. The lowest BCUT2D eigenvalue weighted by Gasteiger charge is -2.14. The summed E-state index contributed by atoms with van der Waals surface area (Å²) in [6, 6.07) is 10.9. The van der Waals surface area contributed by atoms with Gasteiger partial charge < -0.3 is 9.88 Å². The number of aromatic nitrogens is 3. The fraction of sp³-hybridized carbons (Fsp3) is 0.286. The van der Waals surface area contributed by atoms with Gasteiger partial charge in [0.2, 0.25) is 5.91 Å². The molecule has 0 atom stereocenters. The Morgan fingerprint density at radius 3 is 2.45 bits per heavy atom. The molecule has 31 heavy (non-hydrogen) atoms. The standard InChI is InChI=1S/C21H20F4N4OS/c1-13(2)11-29-19(14-7-3-5-9-16(14)22)27-28-20(29)31-12-18(30)26-17-10-6-4-8-15(17)21(23,24)25/h3-10,13H,11-12H2,1-2H3,(H,26,30). The lowest BCUT2D eigenvalue weighted by atomic mass is 10.1. The number of halogens is 4. The number of para-hydroxylation sites is 1. The van der Waals surface area contributed by atoms with E-state index < -0.39 is 23.5 Å². The number of alkyl halides is 3. The summed E-state index contributed by atoms with van der Waals surface area (Å²) in [5, 5.41) is 10.8. The molecule has 164 valence electrons. The quantitative estimate of drug-likeness (QED) is 0.380. The zero-order chi connectivity index (χ0) is 22.6. The lowest BCUT2D eigenvalue weighted by Crippen LogP contribution is -2.18. The third-order valence-electron chi connectivity index (χ3n) is 4.22. The van der Waals surface area contributed by atoms with E-state index in [0.717, 1.165) is 17.8 Å². The summed E-state index contributed by atoms with van der Waals surface area (Å²) in [6.45, 7) is 4.43. The molecule has 2 aromatic carbocycles. The van der Waals surface area contributed by atoms with Gasteiger partial charge in [0.25, 0.3) is 0 Å². The summed E-state index contributed by atoms with van der Waals surface area (Å²) in [6.07, 6.45) is -4.58. The van der Waals surface area contributed by atoms with Crippen LogP contribution in [-0.4, -0.2) is 26.4 Å². The molecule has 0 radical (unpaired) electrons. The maximum atomic E-state index is 14.2. The average molecular weight is 452 g/mol. The highest BCUT2D eigenvalue weighted by Gasteiger charge is 2.33. The molecule has 0 aliphatic heterocycles. The first-order valence-electron chi connectivity index (χ1n) is 9.43. The first-order chi connectivity index (χ1) is 14.7. The van der Waals surface area contributed by atoms with Crippen LogP contribution in [0, 0.1) is 11.7 Å². The predicted octanol–water partition coefficient (Wildman–Crippen LogP) is 5.49. The second kappa shape index (κ2) is 9.51. The van der Waals surface area contributed by atoms with Crippen LogP contribution in [0.3, 0.4) is 0 Å². The zero-order valence-electron chi connectivity index (χ0n) is 16.8. The molecule has 10 heteroatoms. The van der Waals surface area contributed by atoms with Gasteiger partial charge >= 0.3 is 6.18 Å². The third kappa shape index (κ3) is 5.63. The van der Waals surface area contributed by atoms with Crippen molar-refractivity contribution < 1.29 is 22.4 Å². The average Bonchev–Trinajstić information content (AvgIpc) is 3.08. The van der Waals surface area contributed by atoms with Crippen molar-refractivity contribution in [1.29, 1.82) is 0 Å². The summed E-state index contributed by atoms with van der Waals surface area (Å²) >= 11 is 1.02. The van der Waals surface area contributed by atoms with E-state index in [1.807, 2.05) is 13.8 Å². The van der Waals surface area contributed by atoms with Crippen molar-refractivity contribution in [2.45, 2.75) is 31.7 Å². The van der Waals surface area contributed by atoms with E-state index in [4.69, 9.17) is 0 Å². The number of nitrogens with zero attached hydrogens (tertiary/aromatic N) is 3. The van der Waals surface area contributed by atoms with Gasteiger partial charge in [-0.3, -0.25) is 4.79 Å². The van der Waals surface area contributed by atoms with Crippen LogP contribution >= 0.6 is 11.8 Å². The molecule has 0 saturated heterocycles. The van der Waals surface area contributed by atoms with Gasteiger partial charge in [-0.1, -0.05) is 49.9 Å². The van der Waals surface area contributed by atoms with Crippen molar-refractivity contribution in [2.75, 3.05) is 11.1 Å². The Morgan fingerprint density at radius 1 is 1.10 bits per heavy atom. The molecule has 0 saturated carbocycles. The van der Waals surface area contributed by atoms with Crippen LogP contribution < -0.4 is 5.32 Å². The van der Waals surface area contributed by atoms with Crippen LogP contribution in [-0.2, 0) is 17.5 Å². The SMILES string of the molecule is CC(C)Cn1c(SCC(=O)Nc2ccccc2C(F)(F)F)nnc1-c1ccccc1F. The number of benzene rings is 2. The second-order valence-corrected chi connectivity index (χ2v) is 8.11. The van der Waals surface area contributed by atoms with Crippen molar-refractivity contribution in [3.8, 4) is 11.4 Å². The van der Waals surface area contributed by atoms with Crippen LogP contribution in [0.4, 0.5) is 23.2 Å². The molecule has 0 unspecified atom stereocenters. The zero-order valence-corrected chi connectivity index (χ0v) is 17.6. The Balaban J connectivity index is 1.78. The summed E-state index contributed by atoms with van der Waals surface area (Å²) in [7, 11) is 0. The minimum absolute atomic E-state index is 0.181. The molecule has 1 N–H and O–H groups in total. The van der Waals surface area contributed by atoms with Gasteiger partial charge in [0, 0.05) is 6.54 Å². The molecule has 0 aliphatic rings. The van der Waals surface area contributed by atoms with Crippen LogP contribution in [0.25, 0.3) is 11.4 Å². The molecule has 0 aliphatic carbocycles. The molecule has 0 bridgehead atoms. The van der Waals surface area contributed by atoms with E-state index in [1.54, 1.807) is 22.8 Å². The fourth-order valence-corrected chi connectivity index (χ4v) is 3.67. The molecule has 3 aromatic rings. The van der Waals surface area contributed by atoms with E-state index in [9.17, 15) is 22.4 Å². The Kier molecular flexibility index (Phi) is 6.99. The van der Waals surface area contributed by atoms with Crippen LogP contribution in [0.1, 0.15) is 19.4 Å². The highest BCUT2D eigenvalue weighted by atomic mass is 32.2. The number of amides is 1. The van der Waals surface area contributed by atoms with Crippen LogP contribution in [0.2, 0.25) is 0 Å². The first-order valence-corrected chi connectivity index (χ1v) is 10.4. The molecule has 1 aromatic heterocycles. The van der Waals surface area contributed by atoms with Crippen LogP contribution in [0.15, 0.2) is 53.7 Å². The summed E-state index contributed by atoms with van der Waals surface area (Å²) in [5.74, 6) is -0.726. The summed E-state index contributed by atoms with van der Waals surface area (Å²) in [5.41, 5.74) is -0.944. The molecular formula is C21H20F4N4OS. The Bertz CT molecular complexity index is 1070. The number of nitrogens with one attached hydrogen (secondary N) is 1. The van der Waals surface area contributed by atoms with Gasteiger partial charge in [-0.15, -0.1) is 10.2 Å². The van der Waals surface area contributed by atoms with Gasteiger partial charge in [0.05, 0.1) is 22.6 Å². The number of thioether (sulfide) groups is 1. The molecule has 0 spiro atoms. The normalized spacial score (nSPS) is 11.7. The minimum atomic E-state index is -4.58. The third-order valence-corrected chi connectivity index (χ3v) is 5.19. The molecule has 1 heterocycles. The second-order valence-electron chi connectivity index (χ2n) is 7.17. The first kappa shape index (κ1) is 22.8. The van der Waals surface area contributed by atoms with E-state index >= 15 is 0 Å². The van der Waals surface area contributed by atoms with Crippen LogP contribution in [0.5, 0.6) is 0 Å². The largest absolute Gasteiger partial charge is 0.418 e. The predicted molar refractivity (Wildman–Crippen MR) is 111 cm³/mol. The molecule has 1 amide bonds. The van der Waals surface area contributed by atoms with E-state index in [1.165, 1.54) is 24.3 Å². The number of carbonyl (C=O) groups is 1. The number of hydrogen-bond acceptors (Lipinski definition) is 4. The van der Waals surface area contributed by atoms with Crippen molar-refractivity contribution >= 4 is 23.4 Å². The van der Waals surface area contributed by atoms with Gasteiger partial charge in [-0.2, -0.15) is 13.2 Å². The van der Waals surface area contributed by atoms with Crippen molar-refractivity contribution in [3.05, 3.63) is 59.9 Å². The van der Waals surface area contributed by atoms with E-state index in [-0.39, 0.29) is 22.9 Å². The number of carbonyl (C=O) groups excluding carboxylic acids is 1. The topological polar surface area (TPSA) is 59.8 Å². The minimum Gasteiger partial charge on any atom is -0.325 e. The Hall–Kier alpha value is -2.88. The van der Waals surface area contributed by atoms with Gasteiger partial charge in [-0.05, 0) is 30.2 Å². The van der Waals surface area contributed by atoms with Crippen molar-refractivity contribution in [2.24, 2.45) is 5.92 Å². The monoisotopic (exact) mass is 452 g/mol.